The number of carbonyl (C=O) groups excluding carboxylic acids is 2. The highest BCUT2D eigenvalue weighted by atomic mass is 16.2. The van der Waals surface area contributed by atoms with E-state index in [4.69, 9.17) is 0 Å². The van der Waals surface area contributed by atoms with Gasteiger partial charge in [0.25, 0.3) is 0 Å². The molecule has 6 heteroatoms. The fraction of sp³-hybridized carbons (Fsp3) is 0.655. The first-order valence-electron chi connectivity index (χ1n) is 13.7. The van der Waals surface area contributed by atoms with Crippen LogP contribution in [-0.4, -0.2) is 53.9 Å². The molecule has 1 saturated heterocycles. The molecule has 3 atom stereocenters. The Hall–Kier alpha value is -2.34. The number of aromatic nitrogens is 1. The van der Waals surface area contributed by atoms with Gasteiger partial charge in [-0.2, -0.15) is 0 Å². The summed E-state index contributed by atoms with van der Waals surface area (Å²) >= 11 is 0. The number of H-pyrrole nitrogens is 1. The van der Waals surface area contributed by atoms with E-state index in [1.54, 1.807) is 0 Å². The highest BCUT2D eigenvalue weighted by Crippen LogP contribution is 2.28. The summed E-state index contributed by atoms with van der Waals surface area (Å²) in [5.74, 6) is 2.16. The van der Waals surface area contributed by atoms with Crippen molar-refractivity contribution in [3.63, 3.8) is 0 Å². The first kappa shape index (κ1) is 25.7. The zero-order valence-corrected chi connectivity index (χ0v) is 21.8. The predicted octanol–water partition coefficient (Wildman–Crippen LogP) is 4.51. The molecular weight excluding hydrogens is 436 g/mol. The molecule has 0 radical (unpaired) electrons. The van der Waals surface area contributed by atoms with E-state index in [1.807, 2.05) is 24.4 Å². The molecule has 0 unspecified atom stereocenters. The number of hydrogen-bond donors (Lipinski definition) is 3. The average molecular weight is 481 g/mol. The standard InChI is InChI=1S/C29H44N4O2/c1-20-9-11-23(12-10-20)28(34)32-27(16-24-17-31-26-8-5-4-7-25(24)26)29(35)30-13-6-14-33-18-21(2)15-22(3)19-33/h4-5,7-8,17,20-23,27,31H,6,9-16,18-19H2,1-3H3,(H,30,35)(H,32,34)/t20?,21-,22+,23?,27-/m0/s1. The Kier molecular flexibility index (Phi) is 8.88. The summed E-state index contributed by atoms with van der Waals surface area (Å²) in [6.45, 7) is 10.9. The number of nitrogens with one attached hydrogen (secondary N) is 3. The van der Waals surface area contributed by atoms with E-state index in [0.29, 0.717) is 18.9 Å². The van der Waals surface area contributed by atoms with E-state index in [1.165, 1.54) is 6.42 Å². The Labute approximate surface area is 210 Å². The van der Waals surface area contributed by atoms with E-state index in [2.05, 4.69) is 47.4 Å². The van der Waals surface area contributed by atoms with Crippen molar-refractivity contribution in [3.8, 4) is 0 Å². The summed E-state index contributed by atoms with van der Waals surface area (Å²) in [7, 11) is 0. The van der Waals surface area contributed by atoms with Crippen LogP contribution in [0.5, 0.6) is 0 Å². The van der Waals surface area contributed by atoms with Gasteiger partial charge in [0.1, 0.15) is 6.04 Å². The lowest BCUT2D eigenvalue weighted by molar-refractivity contribution is -0.131. The number of rotatable bonds is 9. The predicted molar refractivity (Wildman–Crippen MR) is 142 cm³/mol. The molecule has 0 bridgehead atoms. The van der Waals surface area contributed by atoms with Gasteiger partial charge in [-0.3, -0.25) is 9.59 Å². The Bertz CT molecular complexity index is 968. The number of benzene rings is 1. The number of aromatic amines is 1. The van der Waals surface area contributed by atoms with Crippen LogP contribution in [0.2, 0.25) is 0 Å². The highest BCUT2D eigenvalue weighted by molar-refractivity contribution is 5.90. The van der Waals surface area contributed by atoms with Crippen LogP contribution in [0, 0.1) is 23.7 Å². The molecule has 1 saturated carbocycles. The topological polar surface area (TPSA) is 77.2 Å². The minimum atomic E-state index is -0.559. The number of piperidine rings is 1. The average Bonchev–Trinajstić information content (AvgIpc) is 3.24. The van der Waals surface area contributed by atoms with Crippen LogP contribution >= 0.6 is 0 Å². The van der Waals surface area contributed by atoms with Gasteiger partial charge in [0, 0.05) is 49.1 Å². The number of amides is 2. The van der Waals surface area contributed by atoms with Crippen LogP contribution in [0.1, 0.15) is 64.9 Å². The Balaban J connectivity index is 1.35. The normalized spacial score (nSPS) is 26.4. The third kappa shape index (κ3) is 7.09. The molecule has 1 aliphatic heterocycles. The molecule has 3 N–H and O–H groups in total. The first-order valence-corrected chi connectivity index (χ1v) is 13.7. The largest absolute Gasteiger partial charge is 0.361 e. The van der Waals surface area contributed by atoms with Crippen LogP contribution in [0.4, 0.5) is 0 Å². The molecule has 2 heterocycles. The summed E-state index contributed by atoms with van der Waals surface area (Å²) < 4.78 is 0. The third-order valence-corrected chi connectivity index (χ3v) is 8.01. The second-order valence-electron chi connectivity index (χ2n) is 11.4. The minimum absolute atomic E-state index is 0.0209. The van der Waals surface area contributed by atoms with Gasteiger partial charge in [0.2, 0.25) is 11.8 Å². The maximum atomic E-state index is 13.3. The maximum absolute atomic E-state index is 13.3. The molecule has 35 heavy (non-hydrogen) atoms. The van der Waals surface area contributed by atoms with Crippen LogP contribution < -0.4 is 10.6 Å². The SMILES string of the molecule is CC1CCC(C(=O)N[C@@H](Cc2c[nH]c3ccccc23)C(=O)NCCCN2C[C@H](C)C[C@H](C)C2)CC1. The molecule has 1 aromatic heterocycles. The van der Waals surface area contributed by atoms with Gasteiger partial charge in [-0.15, -0.1) is 0 Å². The second kappa shape index (κ2) is 12.1. The summed E-state index contributed by atoms with van der Waals surface area (Å²) in [6, 6.07) is 7.57. The van der Waals surface area contributed by atoms with E-state index in [0.717, 1.165) is 80.0 Å². The van der Waals surface area contributed by atoms with Crippen molar-refractivity contribution in [1.29, 1.82) is 0 Å². The molecular formula is C29H44N4O2. The summed E-state index contributed by atoms with van der Waals surface area (Å²) in [4.78, 5) is 32.2. The van der Waals surface area contributed by atoms with E-state index < -0.39 is 6.04 Å². The first-order chi connectivity index (χ1) is 16.9. The van der Waals surface area contributed by atoms with E-state index >= 15 is 0 Å². The lowest BCUT2D eigenvalue weighted by atomic mass is 9.82. The molecule has 2 aromatic rings. The monoisotopic (exact) mass is 480 g/mol. The number of likely N-dealkylation sites (tertiary alicyclic amines) is 1. The Morgan fingerprint density at radius 3 is 2.49 bits per heavy atom. The number of hydrogen-bond acceptors (Lipinski definition) is 3. The van der Waals surface area contributed by atoms with Gasteiger partial charge in [-0.25, -0.2) is 0 Å². The van der Waals surface area contributed by atoms with Gasteiger partial charge in [0.05, 0.1) is 0 Å². The number of carbonyl (C=O) groups is 2. The summed E-state index contributed by atoms with van der Waals surface area (Å²) in [5.41, 5.74) is 2.12. The van der Waals surface area contributed by atoms with Crippen LogP contribution in [0.15, 0.2) is 30.5 Å². The van der Waals surface area contributed by atoms with E-state index in [9.17, 15) is 9.59 Å². The van der Waals surface area contributed by atoms with Gasteiger partial charge < -0.3 is 20.5 Å². The van der Waals surface area contributed by atoms with Crippen molar-refractivity contribution >= 4 is 22.7 Å². The zero-order chi connectivity index (χ0) is 24.8. The molecule has 192 valence electrons. The molecule has 1 aromatic carbocycles. The highest BCUT2D eigenvalue weighted by Gasteiger charge is 2.29. The van der Waals surface area contributed by atoms with Gasteiger partial charge in [0.15, 0.2) is 0 Å². The van der Waals surface area contributed by atoms with Gasteiger partial charge in [-0.05, 0) is 74.5 Å². The van der Waals surface area contributed by atoms with Crippen molar-refractivity contribution in [1.82, 2.24) is 20.5 Å². The van der Waals surface area contributed by atoms with Gasteiger partial charge >= 0.3 is 0 Å². The van der Waals surface area contributed by atoms with Crippen molar-refractivity contribution in [2.45, 2.75) is 71.8 Å². The fourth-order valence-electron chi connectivity index (χ4n) is 6.15. The summed E-state index contributed by atoms with van der Waals surface area (Å²) in [5, 5.41) is 7.37. The fourth-order valence-corrected chi connectivity index (χ4v) is 6.15. The molecule has 2 fully saturated rings. The number of nitrogens with zero attached hydrogens (tertiary/aromatic N) is 1. The van der Waals surface area contributed by atoms with Crippen molar-refractivity contribution < 1.29 is 9.59 Å². The lowest BCUT2D eigenvalue weighted by Gasteiger charge is -2.35. The minimum Gasteiger partial charge on any atom is -0.361 e. The van der Waals surface area contributed by atoms with Crippen molar-refractivity contribution in [2.24, 2.45) is 23.7 Å². The molecule has 1 aliphatic carbocycles. The molecule has 4 rings (SSSR count). The maximum Gasteiger partial charge on any atom is 0.242 e. The Morgan fingerprint density at radius 2 is 1.74 bits per heavy atom. The van der Waals surface area contributed by atoms with Crippen LogP contribution in [-0.2, 0) is 16.0 Å². The van der Waals surface area contributed by atoms with Crippen molar-refractivity contribution in [2.75, 3.05) is 26.2 Å². The number of para-hydroxylation sites is 1. The number of fused-ring (bicyclic) bond motifs is 1. The summed E-state index contributed by atoms with van der Waals surface area (Å²) in [6.07, 6.45) is 8.71. The van der Waals surface area contributed by atoms with Gasteiger partial charge in [-0.1, -0.05) is 39.0 Å². The molecule has 2 aliphatic rings. The van der Waals surface area contributed by atoms with E-state index in [-0.39, 0.29) is 17.7 Å². The zero-order valence-electron chi connectivity index (χ0n) is 21.8. The molecule has 2 amide bonds. The van der Waals surface area contributed by atoms with Crippen molar-refractivity contribution in [3.05, 3.63) is 36.0 Å². The Morgan fingerprint density at radius 1 is 1.03 bits per heavy atom. The quantitative estimate of drug-likeness (QED) is 0.462. The van der Waals surface area contributed by atoms with Crippen LogP contribution in [0.25, 0.3) is 10.9 Å². The van der Waals surface area contributed by atoms with Crippen LogP contribution in [0.3, 0.4) is 0 Å². The smallest absolute Gasteiger partial charge is 0.242 e. The molecule has 6 nitrogen and oxygen atoms in total. The second-order valence-corrected chi connectivity index (χ2v) is 11.4. The third-order valence-electron chi connectivity index (χ3n) is 8.01. The lowest BCUT2D eigenvalue weighted by Crippen LogP contribution is -2.50. The molecule has 0 spiro atoms.